The minimum absolute atomic E-state index is 0.0645. The number of hydrogen-bond acceptors (Lipinski definition) is 4. The highest BCUT2D eigenvalue weighted by Gasteiger charge is 2.31. The molecule has 2 heterocycles. The van der Waals surface area contributed by atoms with Crippen molar-refractivity contribution in [3.63, 3.8) is 0 Å². The second-order valence-corrected chi connectivity index (χ2v) is 8.35. The maximum absolute atomic E-state index is 12.4. The van der Waals surface area contributed by atoms with Crippen LogP contribution in [0.4, 0.5) is 0 Å². The predicted molar refractivity (Wildman–Crippen MR) is 109 cm³/mol. The van der Waals surface area contributed by atoms with E-state index in [2.05, 4.69) is 12.1 Å². The second kappa shape index (κ2) is 6.85. The number of benzene rings is 1. The number of hydrogen-bond donors (Lipinski definition) is 1. The number of rotatable bonds is 5. The first-order valence-corrected chi connectivity index (χ1v) is 9.93. The van der Waals surface area contributed by atoms with Gasteiger partial charge in [-0.25, -0.2) is 0 Å². The Labute approximate surface area is 168 Å². The summed E-state index contributed by atoms with van der Waals surface area (Å²) < 4.78 is 7.31. The van der Waals surface area contributed by atoms with E-state index in [1.54, 1.807) is 24.1 Å². The molecule has 2 aromatic heterocycles. The molecule has 0 radical (unpaired) electrons. The van der Waals surface area contributed by atoms with Gasteiger partial charge in [-0.2, -0.15) is 0 Å². The van der Waals surface area contributed by atoms with E-state index in [-0.39, 0.29) is 29.6 Å². The Hall–Kier alpha value is -2.47. The molecule has 6 nitrogen and oxygen atoms in total. The molecule has 1 N–H and O–H groups in total. The van der Waals surface area contributed by atoms with Gasteiger partial charge in [0.2, 0.25) is 5.88 Å². The van der Waals surface area contributed by atoms with Gasteiger partial charge < -0.3 is 19.1 Å². The van der Waals surface area contributed by atoms with E-state index in [0.29, 0.717) is 27.7 Å². The fourth-order valence-corrected chi connectivity index (χ4v) is 3.80. The Morgan fingerprint density at radius 3 is 2.68 bits per heavy atom. The average molecular weight is 402 g/mol. The molecule has 0 spiro atoms. The van der Waals surface area contributed by atoms with E-state index < -0.39 is 0 Å². The molecule has 148 valence electrons. The highest BCUT2D eigenvalue weighted by molar-refractivity contribution is 6.36. The largest absolute Gasteiger partial charge is 0.494 e. The molecular weight excluding hydrogens is 378 g/mol. The molecule has 0 aliphatic heterocycles. The Balaban J connectivity index is 1.71. The van der Waals surface area contributed by atoms with Gasteiger partial charge in [0.25, 0.3) is 5.91 Å². The number of aromatic hydroxyl groups is 1. The molecule has 1 saturated carbocycles. The van der Waals surface area contributed by atoms with Crippen molar-refractivity contribution in [3.8, 4) is 17.2 Å². The molecular formula is C21H24ClN3O3. The summed E-state index contributed by atoms with van der Waals surface area (Å²) in [6.45, 7) is 5.99. The summed E-state index contributed by atoms with van der Waals surface area (Å²) in [5.74, 6) is 1.07. The highest BCUT2D eigenvalue weighted by atomic mass is 35.5. The first-order chi connectivity index (χ1) is 13.3. The van der Waals surface area contributed by atoms with Gasteiger partial charge in [0.1, 0.15) is 0 Å². The van der Waals surface area contributed by atoms with Gasteiger partial charge in [0.05, 0.1) is 10.4 Å². The lowest BCUT2D eigenvalue weighted by Crippen LogP contribution is -2.33. The van der Waals surface area contributed by atoms with Crippen LogP contribution in [0.2, 0.25) is 5.02 Å². The summed E-state index contributed by atoms with van der Waals surface area (Å²) >= 11 is 6.48. The number of carbonyl (C=O) groups is 1. The Morgan fingerprint density at radius 1 is 1.32 bits per heavy atom. The molecule has 0 unspecified atom stereocenters. The van der Waals surface area contributed by atoms with Gasteiger partial charge in [-0.1, -0.05) is 16.8 Å². The molecule has 1 aliphatic carbocycles. The molecule has 1 aromatic carbocycles. The van der Waals surface area contributed by atoms with Crippen LogP contribution in [0.1, 0.15) is 50.1 Å². The number of aromatic nitrogens is 2. The summed E-state index contributed by atoms with van der Waals surface area (Å²) in [5, 5.41) is 16.5. The van der Waals surface area contributed by atoms with Crippen molar-refractivity contribution in [1.82, 2.24) is 14.6 Å². The molecule has 28 heavy (non-hydrogen) atoms. The van der Waals surface area contributed by atoms with E-state index >= 15 is 0 Å². The van der Waals surface area contributed by atoms with E-state index in [1.807, 2.05) is 30.7 Å². The third-order valence-electron chi connectivity index (χ3n) is 5.72. The van der Waals surface area contributed by atoms with Gasteiger partial charge in [0, 0.05) is 42.3 Å². The lowest BCUT2D eigenvalue weighted by atomic mass is 10.1. The lowest BCUT2D eigenvalue weighted by Gasteiger charge is -2.19. The fourth-order valence-electron chi connectivity index (χ4n) is 3.49. The van der Waals surface area contributed by atoms with Gasteiger partial charge in [0.15, 0.2) is 11.5 Å². The van der Waals surface area contributed by atoms with Crippen LogP contribution in [-0.2, 0) is 0 Å². The zero-order chi connectivity index (χ0) is 20.2. The number of amides is 1. The quantitative estimate of drug-likeness (QED) is 0.645. The number of halogens is 1. The maximum Gasteiger partial charge on any atom is 0.276 e. The molecule has 1 atom stereocenters. The third-order valence-corrected chi connectivity index (χ3v) is 6.02. The smallest absolute Gasteiger partial charge is 0.276 e. The van der Waals surface area contributed by atoms with Gasteiger partial charge in [-0.3, -0.25) is 4.79 Å². The van der Waals surface area contributed by atoms with Crippen LogP contribution < -0.4 is 0 Å². The maximum atomic E-state index is 12.4. The predicted octanol–water partition coefficient (Wildman–Crippen LogP) is 5.11. The Kier molecular flexibility index (Phi) is 4.62. The van der Waals surface area contributed by atoms with Crippen LogP contribution in [0.3, 0.4) is 0 Å². The summed E-state index contributed by atoms with van der Waals surface area (Å²) in [7, 11) is 1.73. The van der Waals surface area contributed by atoms with Crippen molar-refractivity contribution in [3.05, 3.63) is 35.1 Å². The first-order valence-electron chi connectivity index (χ1n) is 9.55. The Bertz CT molecular complexity index is 1050. The summed E-state index contributed by atoms with van der Waals surface area (Å²) in [6, 6.07) is 5.56. The molecule has 3 aromatic rings. The molecule has 0 saturated heterocycles. The van der Waals surface area contributed by atoms with Crippen molar-refractivity contribution in [2.45, 2.75) is 45.7 Å². The second-order valence-electron chi connectivity index (χ2n) is 7.95. The minimum Gasteiger partial charge on any atom is -0.494 e. The molecule has 1 aliphatic rings. The van der Waals surface area contributed by atoms with Gasteiger partial charge in [-0.05, 0) is 51.7 Å². The van der Waals surface area contributed by atoms with E-state index in [1.165, 1.54) is 12.8 Å². The third kappa shape index (κ3) is 3.15. The van der Waals surface area contributed by atoms with Crippen molar-refractivity contribution < 1.29 is 14.4 Å². The van der Waals surface area contributed by atoms with Crippen molar-refractivity contribution in [2.24, 2.45) is 5.92 Å². The zero-order valence-corrected chi connectivity index (χ0v) is 17.2. The van der Waals surface area contributed by atoms with Crippen molar-refractivity contribution >= 4 is 28.3 Å². The topological polar surface area (TPSA) is 71.5 Å². The standard InChI is InChI=1S/C21H24ClN3O3/c1-11(2)24(4)20(26)17-9-18(28-23-17)14-7-15-10-25(12(3)13-5-6-13)21(27)19(15)16(22)8-14/h7-13,27H,5-6H2,1-4H3/t12-/m0/s1. The van der Waals surface area contributed by atoms with Crippen molar-refractivity contribution in [1.29, 1.82) is 0 Å². The van der Waals surface area contributed by atoms with E-state index in [9.17, 15) is 9.90 Å². The molecule has 4 rings (SSSR count). The monoisotopic (exact) mass is 401 g/mol. The van der Waals surface area contributed by atoms with Gasteiger partial charge >= 0.3 is 0 Å². The average Bonchev–Trinajstić information content (AvgIpc) is 3.29. The van der Waals surface area contributed by atoms with Crippen molar-refractivity contribution in [2.75, 3.05) is 7.05 Å². The summed E-state index contributed by atoms with van der Waals surface area (Å²) in [5.41, 5.74) is 0.970. The first kappa shape index (κ1) is 18.9. The molecule has 0 bridgehead atoms. The zero-order valence-electron chi connectivity index (χ0n) is 16.4. The lowest BCUT2D eigenvalue weighted by molar-refractivity contribution is 0.0744. The molecule has 1 amide bonds. The number of fused-ring (bicyclic) bond motifs is 1. The summed E-state index contributed by atoms with van der Waals surface area (Å²) in [6.07, 6.45) is 4.31. The number of nitrogens with zero attached hydrogens (tertiary/aromatic N) is 3. The van der Waals surface area contributed by atoms with Gasteiger partial charge in [-0.15, -0.1) is 0 Å². The molecule has 7 heteroatoms. The fraction of sp³-hybridized carbons (Fsp3) is 0.429. The van der Waals surface area contributed by atoms with Crippen LogP contribution in [0.15, 0.2) is 28.9 Å². The van der Waals surface area contributed by atoms with E-state index in [4.69, 9.17) is 16.1 Å². The van der Waals surface area contributed by atoms with Crippen LogP contribution in [-0.4, -0.2) is 38.7 Å². The van der Waals surface area contributed by atoms with E-state index in [0.717, 1.165) is 5.39 Å². The summed E-state index contributed by atoms with van der Waals surface area (Å²) in [4.78, 5) is 14.1. The molecule has 1 fully saturated rings. The number of carbonyl (C=O) groups excluding carboxylic acids is 1. The SMILES string of the molecule is CC(C)N(C)C(=O)c1cc(-c2cc(Cl)c3c(O)n([C@@H](C)C4CC4)cc3c2)on1. The van der Waals surface area contributed by atoms with Crippen LogP contribution >= 0.6 is 11.6 Å². The highest BCUT2D eigenvalue weighted by Crippen LogP contribution is 2.45. The minimum atomic E-state index is -0.195. The van der Waals surface area contributed by atoms with Crippen LogP contribution in [0.25, 0.3) is 22.1 Å². The normalized spacial score (nSPS) is 15.4. The Morgan fingerprint density at radius 2 is 2.04 bits per heavy atom. The van der Waals surface area contributed by atoms with Crippen LogP contribution in [0.5, 0.6) is 5.88 Å². The van der Waals surface area contributed by atoms with Crippen LogP contribution in [0, 0.1) is 5.92 Å².